The third-order valence-corrected chi connectivity index (χ3v) is 3.23. The fourth-order valence-corrected chi connectivity index (χ4v) is 2.11. The Morgan fingerprint density at radius 3 is 2.67 bits per heavy atom. The molecule has 0 bridgehead atoms. The fraction of sp³-hybridized carbons (Fsp3) is 0.385. The minimum Gasteiger partial charge on any atom is -0.481 e. The third-order valence-electron chi connectivity index (χ3n) is 2.91. The van der Waals surface area contributed by atoms with Crippen molar-refractivity contribution >= 4 is 29.2 Å². The molecule has 8 heteroatoms. The van der Waals surface area contributed by atoms with Crippen LogP contribution in [0.3, 0.4) is 0 Å². The minimum absolute atomic E-state index is 0.0518. The van der Waals surface area contributed by atoms with E-state index in [1.165, 1.54) is 18.2 Å². The third kappa shape index (κ3) is 4.42. The van der Waals surface area contributed by atoms with Crippen molar-refractivity contribution in [2.75, 3.05) is 6.54 Å². The second kappa shape index (κ2) is 7.58. The van der Waals surface area contributed by atoms with E-state index in [4.69, 9.17) is 16.7 Å². The monoisotopic (exact) mass is 314 g/mol. The Morgan fingerprint density at radius 1 is 1.48 bits per heavy atom. The number of halogens is 1. The molecule has 21 heavy (non-hydrogen) atoms. The molecule has 0 saturated carbocycles. The van der Waals surface area contributed by atoms with E-state index in [9.17, 15) is 19.7 Å². The molecule has 0 heterocycles. The van der Waals surface area contributed by atoms with Crippen molar-refractivity contribution in [2.45, 2.75) is 19.8 Å². The predicted molar refractivity (Wildman–Crippen MR) is 76.5 cm³/mol. The van der Waals surface area contributed by atoms with Gasteiger partial charge in [-0.15, -0.1) is 0 Å². The first-order valence-electron chi connectivity index (χ1n) is 6.32. The Balaban J connectivity index is 2.90. The van der Waals surface area contributed by atoms with Crippen LogP contribution < -0.4 is 5.32 Å². The Hall–Kier alpha value is -2.15. The van der Waals surface area contributed by atoms with Crippen LogP contribution in [-0.2, 0) is 4.79 Å². The lowest BCUT2D eigenvalue weighted by Crippen LogP contribution is -2.33. The van der Waals surface area contributed by atoms with Crippen molar-refractivity contribution in [3.8, 4) is 0 Å². The molecule has 0 aliphatic heterocycles. The Kier molecular flexibility index (Phi) is 6.10. The van der Waals surface area contributed by atoms with E-state index in [-0.39, 0.29) is 17.1 Å². The van der Waals surface area contributed by atoms with E-state index < -0.39 is 28.4 Å². The maximum absolute atomic E-state index is 12.0. The molecule has 0 aliphatic rings. The Labute approximate surface area is 126 Å². The first-order valence-corrected chi connectivity index (χ1v) is 6.70. The highest BCUT2D eigenvalue weighted by Gasteiger charge is 2.25. The second-order valence-corrected chi connectivity index (χ2v) is 4.83. The lowest BCUT2D eigenvalue weighted by molar-refractivity contribution is -0.385. The van der Waals surface area contributed by atoms with Crippen molar-refractivity contribution in [1.82, 2.24) is 5.32 Å². The highest BCUT2D eigenvalue weighted by atomic mass is 35.5. The van der Waals surface area contributed by atoms with Gasteiger partial charge in [-0.3, -0.25) is 19.7 Å². The summed E-state index contributed by atoms with van der Waals surface area (Å²) in [5.41, 5.74) is -0.674. The lowest BCUT2D eigenvalue weighted by atomic mass is 10.0. The molecule has 2 N–H and O–H groups in total. The molecule has 1 aromatic carbocycles. The van der Waals surface area contributed by atoms with Crippen LogP contribution in [0.2, 0.25) is 5.02 Å². The number of nitro benzene ring substituents is 1. The highest BCUT2D eigenvalue weighted by molar-refractivity contribution is 6.34. The zero-order valence-electron chi connectivity index (χ0n) is 11.3. The van der Waals surface area contributed by atoms with Gasteiger partial charge in [0.15, 0.2) is 0 Å². The summed E-state index contributed by atoms with van der Waals surface area (Å²) in [6.07, 6.45) is 1.05. The standard InChI is InChI=1S/C13H15ClN2O5/c1-2-4-8(13(18)19)7-15-12(17)11-9(14)5-3-6-10(11)16(20)21/h3,5-6,8H,2,4,7H2,1H3,(H,15,17)(H,18,19). The average Bonchev–Trinajstić information content (AvgIpc) is 2.42. The Morgan fingerprint density at radius 2 is 2.14 bits per heavy atom. The van der Waals surface area contributed by atoms with Crippen LogP contribution in [0, 0.1) is 16.0 Å². The largest absolute Gasteiger partial charge is 0.481 e. The van der Waals surface area contributed by atoms with Crippen LogP contribution >= 0.6 is 11.6 Å². The molecule has 1 aromatic rings. The van der Waals surface area contributed by atoms with Crippen molar-refractivity contribution in [3.05, 3.63) is 38.9 Å². The van der Waals surface area contributed by atoms with Gasteiger partial charge in [0.05, 0.1) is 15.9 Å². The number of rotatable bonds is 7. The maximum atomic E-state index is 12.0. The maximum Gasteiger partial charge on any atom is 0.308 e. The van der Waals surface area contributed by atoms with Crippen LogP contribution in [0.1, 0.15) is 30.1 Å². The van der Waals surface area contributed by atoms with Crippen molar-refractivity contribution in [3.63, 3.8) is 0 Å². The van der Waals surface area contributed by atoms with E-state index in [2.05, 4.69) is 5.32 Å². The molecular weight excluding hydrogens is 300 g/mol. The molecule has 114 valence electrons. The van der Waals surface area contributed by atoms with E-state index in [1.54, 1.807) is 0 Å². The van der Waals surface area contributed by atoms with Gasteiger partial charge in [-0.25, -0.2) is 0 Å². The summed E-state index contributed by atoms with van der Waals surface area (Å²) in [5, 5.41) is 22.2. The van der Waals surface area contributed by atoms with Crippen LogP contribution in [0.15, 0.2) is 18.2 Å². The number of amides is 1. The average molecular weight is 315 g/mol. The Bertz CT molecular complexity index is 561. The van der Waals surface area contributed by atoms with Gasteiger partial charge in [-0.2, -0.15) is 0 Å². The molecule has 0 radical (unpaired) electrons. The number of carboxylic acid groups (broad SMARTS) is 1. The lowest BCUT2D eigenvalue weighted by Gasteiger charge is -2.12. The van der Waals surface area contributed by atoms with Gasteiger partial charge >= 0.3 is 5.97 Å². The molecule has 0 spiro atoms. The number of carbonyl (C=O) groups excluding carboxylic acids is 1. The molecule has 1 atom stereocenters. The summed E-state index contributed by atoms with van der Waals surface area (Å²) in [6, 6.07) is 3.90. The van der Waals surface area contributed by atoms with Gasteiger partial charge in [0.1, 0.15) is 5.56 Å². The van der Waals surface area contributed by atoms with E-state index in [1.807, 2.05) is 6.92 Å². The smallest absolute Gasteiger partial charge is 0.308 e. The van der Waals surface area contributed by atoms with Gasteiger partial charge in [0.25, 0.3) is 11.6 Å². The molecule has 0 aromatic heterocycles. The van der Waals surface area contributed by atoms with E-state index in [0.29, 0.717) is 12.8 Å². The van der Waals surface area contributed by atoms with Gasteiger partial charge in [0.2, 0.25) is 0 Å². The summed E-state index contributed by atoms with van der Waals surface area (Å²) in [7, 11) is 0. The summed E-state index contributed by atoms with van der Waals surface area (Å²) in [4.78, 5) is 33.2. The minimum atomic E-state index is -1.02. The molecule has 1 rings (SSSR count). The topological polar surface area (TPSA) is 110 Å². The first-order chi connectivity index (χ1) is 9.88. The number of nitrogens with one attached hydrogen (secondary N) is 1. The summed E-state index contributed by atoms with van der Waals surface area (Å²) < 4.78 is 0. The van der Waals surface area contributed by atoms with E-state index in [0.717, 1.165) is 0 Å². The van der Waals surface area contributed by atoms with Crippen molar-refractivity contribution in [2.24, 2.45) is 5.92 Å². The number of carbonyl (C=O) groups is 2. The summed E-state index contributed by atoms with van der Waals surface area (Å²) in [6.45, 7) is 1.72. The SMILES string of the molecule is CCCC(CNC(=O)c1c(Cl)cccc1[N+](=O)[O-])C(=O)O. The van der Waals surface area contributed by atoms with Gasteiger partial charge < -0.3 is 10.4 Å². The number of hydrogen-bond donors (Lipinski definition) is 2. The summed E-state index contributed by atoms with van der Waals surface area (Å²) >= 11 is 5.83. The van der Waals surface area contributed by atoms with Crippen LogP contribution in [0.5, 0.6) is 0 Å². The number of nitro groups is 1. The van der Waals surface area contributed by atoms with Crippen LogP contribution in [-0.4, -0.2) is 28.5 Å². The molecule has 0 aliphatic carbocycles. The molecular formula is C13H15ClN2O5. The quantitative estimate of drug-likeness (QED) is 0.593. The van der Waals surface area contributed by atoms with Crippen molar-refractivity contribution < 1.29 is 19.6 Å². The number of hydrogen-bond acceptors (Lipinski definition) is 4. The summed E-state index contributed by atoms with van der Waals surface area (Å²) in [5.74, 6) is -2.51. The molecule has 1 unspecified atom stereocenters. The fourth-order valence-electron chi connectivity index (χ4n) is 1.86. The molecule has 7 nitrogen and oxygen atoms in total. The van der Waals surface area contributed by atoms with Gasteiger partial charge in [-0.05, 0) is 12.5 Å². The first kappa shape index (κ1) is 16.9. The number of nitrogens with zero attached hydrogens (tertiary/aromatic N) is 1. The molecule has 1 amide bonds. The highest BCUT2D eigenvalue weighted by Crippen LogP contribution is 2.26. The molecule has 0 saturated heterocycles. The van der Waals surface area contributed by atoms with Gasteiger partial charge in [0, 0.05) is 12.6 Å². The van der Waals surface area contributed by atoms with Crippen molar-refractivity contribution in [1.29, 1.82) is 0 Å². The van der Waals surface area contributed by atoms with Crippen LogP contribution in [0.25, 0.3) is 0 Å². The predicted octanol–water partition coefficient (Wildman–Crippen LogP) is 2.48. The number of carboxylic acids is 1. The number of aliphatic carboxylic acids is 1. The van der Waals surface area contributed by atoms with Gasteiger partial charge in [-0.1, -0.05) is 31.0 Å². The molecule has 0 fully saturated rings. The normalized spacial score (nSPS) is 11.7. The second-order valence-electron chi connectivity index (χ2n) is 4.42. The van der Waals surface area contributed by atoms with E-state index >= 15 is 0 Å². The zero-order valence-corrected chi connectivity index (χ0v) is 12.1. The van der Waals surface area contributed by atoms with Crippen LogP contribution in [0.4, 0.5) is 5.69 Å². The number of benzene rings is 1. The zero-order chi connectivity index (χ0) is 16.0.